The van der Waals surface area contributed by atoms with Gasteiger partial charge in [-0.1, -0.05) is 17.7 Å². The van der Waals surface area contributed by atoms with Gasteiger partial charge in [-0.2, -0.15) is 0 Å². The van der Waals surface area contributed by atoms with Crippen LogP contribution >= 0.6 is 0 Å². The van der Waals surface area contributed by atoms with Gasteiger partial charge in [0.15, 0.2) is 5.78 Å². The molecule has 1 rings (SSSR count). The van der Waals surface area contributed by atoms with E-state index in [0.717, 1.165) is 22.3 Å². The Morgan fingerprint density at radius 2 is 1.59 bits per heavy atom. The van der Waals surface area contributed by atoms with Crippen LogP contribution in [0.5, 0.6) is 0 Å². The highest BCUT2D eigenvalue weighted by atomic mass is 16.2. The molecule has 3 heteroatoms. The summed E-state index contributed by atoms with van der Waals surface area (Å²) in [6.45, 7) is 5.85. The fourth-order valence-electron chi connectivity index (χ4n) is 1.96. The zero-order valence-corrected chi connectivity index (χ0v) is 10.3. The third-order valence-electron chi connectivity index (χ3n) is 2.86. The summed E-state index contributed by atoms with van der Waals surface area (Å²) in [4.78, 5) is 32.8. The average Bonchev–Trinajstić information content (AvgIpc) is 2.25. The van der Waals surface area contributed by atoms with Crippen LogP contribution in [0, 0.1) is 26.7 Å². The van der Waals surface area contributed by atoms with Crippen LogP contribution in [0.4, 0.5) is 0 Å². The van der Waals surface area contributed by atoms with Crippen molar-refractivity contribution in [3.8, 4) is 0 Å². The Hall–Kier alpha value is -1.77. The molecule has 0 atom stereocenters. The second kappa shape index (κ2) is 5.53. The van der Waals surface area contributed by atoms with Crippen molar-refractivity contribution in [3.05, 3.63) is 34.4 Å². The fraction of sp³-hybridized carbons (Fsp3) is 0.357. The molecule has 0 spiro atoms. The standard InChI is InChI=1S/C14H16O3/c1-9-4-10(2)13(11(3)5-9)6-14(17)12(7-15)8-16/h4-5,7-8,12H,6H2,1-3H3. The number of carbonyl (C=O) groups is 3. The van der Waals surface area contributed by atoms with Crippen molar-refractivity contribution < 1.29 is 14.4 Å². The van der Waals surface area contributed by atoms with E-state index in [9.17, 15) is 14.4 Å². The maximum absolute atomic E-state index is 11.7. The Balaban J connectivity index is 3.00. The van der Waals surface area contributed by atoms with Gasteiger partial charge in [-0.3, -0.25) is 4.79 Å². The largest absolute Gasteiger partial charge is 0.302 e. The van der Waals surface area contributed by atoms with Crippen molar-refractivity contribution in [2.45, 2.75) is 27.2 Å². The predicted octanol–water partition coefficient (Wildman–Crippen LogP) is 1.74. The summed E-state index contributed by atoms with van der Waals surface area (Å²) in [7, 11) is 0. The lowest BCUT2D eigenvalue weighted by atomic mass is 9.92. The van der Waals surface area contributed by atoms with E-state index < -0.39 is 5.92 Å². The van der Waals surface area contributed by atoms with E-state index in [4.69, 9.17) is 0 Å². The number of carbonyl (C=O) groups excluding carboxylic acids is 3. The first-order valence-corrected chi connectivity index (χ1v) is 5.49. The summed E-state index contributed by atoms with van der Waals surface area (Å²) in [5, 5.41) is 0. The highest BCUT2D eigenvalue weighted by molar-refractivity contribution is 6.06. The number of Topliss-reactive ketones (excluding diaryl/α,β-unsaturated/α-hetero) is 1. The molecule has 3 nitrogen and oxygen atoms in total. The van der Waals surface area contributed by atoms with E-state index in [-0.39, 0.29) is 12.2 Å². The lowest BCUT2D eigenvalue weighted by Crippen LogP contribution is -2.20. The first kappa shape index (κ1) is 13.3. The van der Waals surface area contributed by atoms with Crippen LogP contribution in [0.1, 0.15) is 22.3 Å². The van der Waals surface area contributed by atoms with Crippen LogP contribution in [0.3, 0.4) is 0 Å². The molecule has 0 aromatic heterocycles. The van der Waals surface area contributed by atoms with Crippen molar-refractivity contribution in [1.29, 1.82) is 0 Å². The third-order valence-corrected chi connectivity index (χ3v) is 2.86. The van der Waals surface area contributed by atoms with Gasteiger partial charge in [0.05, 0.1) is 0 Å². The van der Waals surface area contributed by atoms with Crippen LogP contribution in [0.2, 0.25) is 0 Å². The van der Waals surface area contributed by atoms with Gasteiger partial charge in [-0.05, 0) is 37.5 Å². The van der Waals surface area contributed by atoms with Crippen molar-refractivity contribution in [2.24, 2.45) is 5.92 Å². The summed E-state index contributed by atoms with van der Waals surface area (Å²) < 4.78 is 0. The van der Waals surface area contributed by atoms with Gasteiger partial charge in [0.2, 0.25) is 0 Å². The molecule has 0 radical (unpaired) electrons. The number of benzene rings is 1. The van der Waals surface area contributed by atoms with Gasteiger partial charge in [0.1, 0.15) is 18.5 Å². The summed E-state index contributed by atoms with van der Waals surface area (Å²) in [5.41, 5.74) is 4.09. The first-order valence-electron chi connectivity index (χ1n) is 5.49. The highest BCUT2D eigenvalue weighted by Gasteiger charge is 2.18. The van der Waals surface area contributed by atoms with E-state index in [1.54, 1.807) is 0 Å². The van der Waals surface area contributed by atoms with E-state index >= 15 is 0 Å². The number of ketones is 1. The molecule has 17 heavy (non-hydrogen) atoms. The molecular formula is C14H16O3. The van der Waals surface area contributed by atoms with E-state index in [0.29, 0.717) is 12.6 Å². The smallest absolute Gasteiger partial charge is 0.154 e. The molecule has 0 bridgehead atoms. The lowest BCUT2D eigenvalue weighted by Gasteiger charge is -2.11. The van der Waals surface area contributed by atoms with Gasteiger partial charge in [-0.15, -0.1) is 0 Å². The molecule has 0 saturated heterocycles. The molecule has 1 aromatic rings. The van der Waals surface area contributed by atoms with Gasteiger partial charge >= 0.3 is 0 Å². The minimum Gasteiger partial charge on any atom is -0.302 e. The topological polar surface area (TPSA) is 51.2 Å². The van der Waals surface area contributed by atoms with Crippen LogP contribution in [-0.4, -0.2) is 18.4 Å². The molecule has 0 unspecified atom stereocenters. The zero-order chi connectivity index (χ0) is 13.0. The molecular weight excluding hydrogens is 216 g/mol. The second-order valence-electron chi connectivity index (χ2n) is 4.32. The molecule has 0 aliphatic rings. The van der Waals surface area contributed by atoms with Crippen molar-refractivity contribution >= 4 is 18.4 Å². The molecule has 0 aliphatic heterocycles. The molecule has 0 saturated carbocycles. The Morgan fingerprint density at radius 1 is 1.12 bits per heavy atom. The molecule has 0 fully saturated rings. The van der Waals surface area contributed by atoms with Crippen LogP contribution in [0.25, 0.3) is 0 Å². The van der Waals surface area contributed by atoms with Gasteiger partial charge in [0.25, 0.3) is 0 Å². The Kier molecular flexibility index (Phi) is 4.32. The first-order chi connectivity index (χ1) is 7.99. The highest BCUT2D eigenvalue weighted by Crippen LogP contribution is 2.18. The molecule has 0 N–H and O–H groups in total. The number of aryl methyl sites for hydroxylation is 3. The monoisotopic (exact) mass is 232 g/mol. The SMILES string of the molecule is Cc1cc(C)c(CC(=O)C(C=O)C=O)c(C)c1. The Bertz CT molecular complexity index is 430. The van der Waals surface area contributed by atoms with E-state index in [1.165, 1.54) is 0 Å². The minimum atomic E-state index is -1.13. The fourth-order valence-corrected chi connectivity index (χ4v) is 1.96. The Labute approximate surface area is 101 Å². The van der Waals surface area contributed by atoms with Gasteiger partial charge in [0, 0.05) is 6.42 Å². The summed E-state index contributed by atoms with van der Waals surface area (Å²) >= 11 is 0. The second-order valence-corrected chi connectivity index (χ2v) is 4.32. The number of hydrogen-bond donors (Lipinski definition) is 0. The van der Waals surface area contributed by atoms with Crippen LogP contribution < -0.4 is 0 Å². The third kappa shape index (κ3) is 3.09. The normalized spacial score (nSPS) is 10.4. The molecule has 90 valence electrons. The average molecular weight is 232 g/mol. The maximum Gasteiger partial charge on any atom is 0.154 e. The minimum absolute atomic E-state index is 0.139. The molecule has 0 amide bonds. The van der Waals surface area contributed by atoms with E-state index in [1.807, 2.05) is 32.9 Å². The van der Waals surface area contributed by atoms with Crippen LogP contribution in [-0.2, 0) is 20.8 Å². The van der Waals surface area contributed by atoms with Crippen molar-refractivity contribution in [2.75, 3.05) is 0 Å². The zero-order valence-electron chi connectivity index (χ0n) is 10.3. The quantitative estimate of drug-likeness (QED) is 0.574. The van der Waals surface area contributed by atoms with Gasteiger partial charge in [-0.25, -0.2) is 0 Å². The molecule has 1 aromatic carbocycles. The van der Waals surface area contributed by atoms with Crippen molar-refractivity contribution in [3.63, 3.8) is 0 Å². The van der Waals surface area contributed by atoms with Crippen molar-refractivity contribution in [1.82, 2.24) is 0 Å². The summed E-state index contributed by atoms with van der Waals surface area (Å²) in [5.74, 6) is -1.47. The van der Waals surface area contributed by atoms with Gasteiger partial charge < -0.3 is 9.59 Å². The summed E-state index contributed by atoms with van der Waals surface area (Å²) in [6, 6.07) is 3.98. The molecule has 0 aliphatic carbocycles. The lowest BCUT2D eigenvalue weighted by molar-refractivity contribution is -0.130. The van der Waals surface area contributed by atoms with Crippen LogP contribution in [0.15, 0.2) is 12.1 Å². The Morgan fingerprint density at radius 3 is 2.00 bits per heavy atom. The van der Waals surface area contributed by atoms with E-state index in [2.05, 4.69) is 0 Å². The summed E-state index contributed by atoms with van der Waals surface area (Å²) in [6.07, 6.45) is 0.933. The maximum atomic E-state index is 11.7. The number of rotatable bonds is 5. The number of aldehydes is 2. The number of hydrogen-bond acceptors (Lipinski definition) is 3. The molecule has 0 heterocycles. The predicted molar refractivity (Wildman–Crippen MR) is 65.0 cm³/mol.